The molecule has 1 aromatic carbocycles. The molecule has 6 nitrogen and oxygen atoms in total. The number of nitrogens with zero attached hydrogens (tertiary/aromatic N) is 1. The van der Waals surface area contributed by atoms with Crippen molar-refractivity contribution < 1.29 is 27.6 Å². The first kappa shape index (κ1) is 18.0. The van der Waals surface area contributed by atoms with Gasteiger partial charge in [0.25, 0.3) is 5.69 Å². The van der Waals surface area contributed by atoms with Crippen molar-refractivity contribution in [2.75, 3.05) is 12.4 Å². The summed E-state index contributed by atoms with van der Waals surface area (Å²) in [6.07, 6.45) is -3.44. The molecule has 1 amide bonds. The summed E-state index contributed by atoms with van der Waals surface area (Å²) < 4.78 is 44.3. The zero-order valence-electron chi connectivity index (χ0n) is 12.9. The molecule has 0 aromatic heterocycles. The van der Waals surface area contributed by atoms with Crippen molar-refractivity contribution in [3.05, 3.63) is 28.3 Å². The second-order valence-electron chi connectivity index (χ2n) is 5.67. The van der Waals surface area contributed by atoms with E-state index in [1.807, 2.05) is 0 Å². The van der Waals surface area contributed by atoms with E-state index >= 15 is 0 Å². The van der Waals surface area contributed by atoms with E-state index in [9.17, 15) is 28.1 Å². The lowest BCUT2D eigenvalue weighted by atomic mass is 9.78. The Kier molecular flexibility index (Phi) is 5.30. The Labute approximate surface area is 136 Å². The molecule has 9 heteroatoms. The van der Waals surface area contributed by atoms with Crippen molar-refractivity contribution >= 4 is 17.3 Å². The van der Waals surface area contributed by atoms with Crippen LogP contribution in [0.2, 0.25) is 0 Å². The van der Waals surface area contributed by atoms with Gasteiger partial charge >= 0.3 is 6.18 Å². The molecule has 1 saturated carbocycles. The second-order valence-corrected chi connectivity index (χ2v) is 5.67. The SMILES string of the molecule is COc1ccc([N+](=O)[O-])cc1NC(=O)[C@@H]1CCCC[C@@H]1C(F)(F)F. The fourth-order valence-electron chi connectivity index (χ4n) is 2.97. The van der Waals surface area contributed by atoms with Gasteiger partial charge in [-0.25, -0.2) is 0 Å². The Morgan fingerprint density at radius 2 is 2.00 bits per heavy atom. The first-order chi connectivity index (χ1) is 11.2. The zero-order valence-corrected chi connectivity index (χ0v) is 12.9. The number of alkyl halides is 3. The molecule has 1 aliphatic carbocycles. The minimum Gasteiger partial charge on any atom is -0.495 e. The summed E-state index contributed by atoms with van der Waals surface area (Å²) in [6, 6.07) is 3.55. The predicted molar refractivity (Wildman–Crippen MR) is 79.8 cm³/mol. The van der Waals surface area contributed by atoms with Crippen LogP contribution < -0.4 is 10.1 Å². The Hall–Kier alpha value is -2.32. The fraction of sp³-hybridized carbons (Fsp3) is 0.533. The molecule has 0 saturated heterocycles. The van der Waals surface area contributed by atoms with Crippen LogP contribution in [0, 0.1) is 22.0 Å². The molecule has 0 aliphatic heterocycles. The summed E-state index contributed by atoms with van der Waals surface area (Å²) in [4.78, 5) is 22.5. The van der Waals surface area contributed by atoms with Crippen LogP contribution in [0.3, 0.4) is 0 Å². The van der Waals surface area contributed by atoms with E-state index in [1.165, 1.54) is 19.2 Å². The lowest BCUT2D eigenvalue weighted by molar-refractivity contribution is -0.384. The number of amides is 1. The predicted octanol–water partition coefficient (Wildman–Crippen LogP) is 3.91. The molecule has 1 fully saturated rings. The molecule has 24 heavy (non-hydrogen) atoms. The molecule has 0 heterocycles. The zero-order chi connectivity index (χ0) is 17.9. The first-order valence-corrected chi connectivity index (χ1v) is 7.44. The van der Waals surface area contributed by atoms with Crippen molar-refractivity contribution in [3.8, 4) is 5.75 Å². The van der Waals surface area contributed by atoms with Gasteiger partial charge in [0.1, 0.15) is 5.75 Å². The lowest BCUT2D eigenvalue weighted by Gasteiger charge is -2.32. The number of rotatable bonds is 4. The number of hydrogen-bond acceptors (Lipinski definition) is 4. The summed E-state index contributed by atoms with van der Waals surface area (Å²) in [5, 5.41) is 13.2. The lowest BCUT2D eigenvalue weighted by Crippen LogP contribution is -2.39. The summed E-state index contributed by atoms with van der Waals surface area (Å²) in [7, 11) is 1.30. The van der Waals surface area contributed by atoms with Crippen LogP contribution in [0.25, 0.3) is 0 Å². The number of hydrogen-bond donors (Lipinski definition) is 1. The number of anilines is 1. The normalized spacial score (nSPS) is 21.2. The minimum atomic E-state index is -4.45. The van der Waals surface area contributed by atoms with E-state index in [-0.39, 0.29) is 30.0 Å². The van der Waals surface area contributed by atoms with Gasteiger partial charge in [0.15, 0.2) is 0 Å². The highest BCUT2D eigenvalue weighted by atomic mass is 19.4. The van der Waals surface area contributed by atoms with Crippen LogP contribution in [0.15, 0.2) is 18.2 Å². The van der Waals surface area contributed by atoms with E-state index in [1.54, 1.807) is 0 Å². The molecular weight excluding hydrogens is 329 g/mol. The molecule has 1 aromatic rings. The quantitative estimate of drug-likeness (QED) is 0.662. The van der Waals surface area contributed by atoms with Crippen molar-refractivity contribution in [2.45, 2.75) is 31.9 Å². The van der Waals surface area contributed by atoms with Gasteiger partial charge < -0.3 is 10.1 Å². The number of carbonyl (C=O) groups excluding carboxylic acids is 1. The van der Waals surface area contributed by atoms with Gasteiger partial charge in [-0.1, -0.05) is 12.8 Å². The number of benzene rings is 1. The van der Waals surface area contributed by atoms with Crippen molar-refractivity contribution in [1.82, 2.24) is 0 Å². The van der Waals surface area contributed by atoms with Crippen molar-refractivity contribution in [3.63, 3.8) is 0 Å². The van der Waals surface area contributed by atoms with E-state index in [0.717, 1.165) is 6.07 Å². The molecule has 2 atom stereocenters. The van der Waals surface area contributed by atoms with Crippen LogP contribution in [0.4, 0.5) is 24.5 Å². The molecule has 0 bridgehead atoms. The molecule has 0 unspecified atom stereocenters. The number of methoxy groups -OCH3 is 1. The number of nitro groups is 1. The van der Waals surface area contributed by atoms with Crippen LogP contribution >= 0.6 is 0 Å². The number of halogens is 3. The van der Waals surface area contributed by atoms with Crippen LogP contribution in [0.1, 0.15) is 25.7 Å². The highest BCUT2D eigenvalue weighted by molar-refractivity contribution is 5.94. The van der Waals surface area contributed by atoms with Crippen molar-refractivity contribution in [2.24, 2.45) is 11.8 Å². The summed E-state index contributed by atoms with van der Waals surface area (Å²) in [5.41, 5.74) is -0.301. The Morgan fingerprint density at radius 1 is 1.33 bits per heavy atom. The van der Waals surface area contributed by atoms with Gasteiger partial charge in [-0.05, 0) is 18.9 Å². The smallest absolute Gasteiger partial charge is 0.392 e. The average Bonchev–Trinajstić information content (AvgIpc) is 2.53. The third kappa shape index (κ3) is 3.95. The maximum Gasteiger partial charge on any atom is 0.392 e. The highest BCUT2D eigenvalue weighted by Crippen LogP contribution is 2.42. The number of ether oxygens (including phenoxy) is 1. The van der Waals surface area contributed by atoms with E-state index in [4.69, 9.17) is 4.74 Å². The molecule has 1 aliphatic rings. The Morgan fingerprint density at radius 3 is 2.58 bits per heavy atom. The number of nitrogens with one attached hydrogen (secondary N) is 1. The van der Waals surface area contributed by atoms with Crippen LogP contribution in [-0.4, -0.2) is 24.1 Å². The maximum absolute atomic E-state index is 13.1. The Bertz CT molecular complexity index is 634. The molecular formula is C15H17F3N2O4. The van der Waals surface area contributed by atoms with E-state index < -0.39 is 28.8 Å². The third-order valence-corrected chi connectivity index (χ3v) is 4.17. The fourth-order valence-corrected chi connectivity index (χ4v) is 2.97. The molecule has 0 radical (unpaired) electrons. The van der Waals surface area contributed by atoms with Crippen LogP contribution in [0.5, 0.6) is 5.75 Å². The minimum absolute atomic E-state index is 0.0109. The monoisotopic (exact) mass is 346 g/mol. The summed E-state index contributed by atoms with van der Waals surface area (Å²) in [5.74, 6) is -3.55. The van der Waals surface area contributed by atoms with Gasteiger partial charge in [0.2, 0.25) is 5.91 Å². The van der Waals surface area contributed by atoms with Gasteiger partial charge in [-0.2, -0.15) is 13.2 Å². The second kappa shape index (κ2) is 7.06. The number of carbonyl (C=O) groups is 1. The first-order valence-electron chi connectivity index (χ1n) is 7.44. The van der Waals surface area contributed by atoms with Crippen LogP contribution in [-0.2, 0) is 4.79 Å². The van der Waals surface area contributed by atoms with E-state index in [0.29, 0.717) is 12.8 Å². The number of nitro benzene ring substituents is 1. The summed E-state index contributed by atoms with van der Waals surface area (Å²) >= 11 is 0. The van der Waals surface area contributed by atoms with Gasteiger partial charge in [-0.3, -0.25) is 14.9 Å². The van der Waals surface area contributed by atoms with Gasteiger partial charge in [0.05, 0.1) is 23.6 Å². The van der Waals surface area contributed by atoms with Crippen molar-refractivity contribution in [1.29, 1.82) is 0 Å². The van der Waals surface area contributed by atoms with E-state index in [2.05, 4.69) is 5.32 Å². The Balaban J connectivity index is 2.24. The maximum atomic E-state index is 13.1. The van der Waals surface area contributed by atoms with Gasteiger partial charge in [0, 0.05) is 18.1 Å². The van der Waals surface area contributed by atoms with Gasteiger partial charge in [-0.15, -0.1) is 0 Å². The summed E-state index contributed by atoms with van der Waals surface area (Å²) in [6.45, 7) is 0. The molecule has 0 spiro atoms. The standard InChI is InChI=1S/C15H17F3N2O4/c1-24-13-7-6-9(20(22)23)8-12(13)19-14(21)10-4-2-3-5-11(10)15(16,17)18/h6-8,10-11H,2-5H2,1H3,(H,19,21)/t10-,11+/m1/s1. The largest absolute Gasteiger partial charge is 0.495 e. The molecule has 1 N–H and O–H groups in total. The molecule has 132 valence electrons. The number of non-ortho nitro benzene ring substituents is 1. The topological polar surface area (TPSA) is 81.5 Å². The third-order valence-electron chi connectivity index (χ3n) is 4.17. The molecule has 2 rings (SSSR count). The average molecular weight is 346 g/mol. The highest BCUT2D eigenvalue weighted by Gasteiger charge is 2.48.